The van der Waals surface area contributed by atoms with Gasteiger partial charge in [0.2, 0.25) is 0 Å². The van der Waals surface area contributed by atoms with Gasteiger partial charge in [0.25, 0.3) is 0 Å². The molecule has 0 fully saturated rings. The molecule has 2 rings (SSSR count). The predicted molar refractivity (Wildman–Crippen MR) is 67.8 cm³/mol. The molecule has 0 aliphatic carbocycles. The fourth-order valence-electron chi connectivity index (χ4n) is 1.93. The Bertz CT molecular complexity index is 273. The second kappa shape index (κ2) is 9.50. The molecule has 0 atom stereocenters. The molecule has 0 radical (unpaired) electrons. The van der Waals surface area contributed by atoms with Crippen LogP contribution in [-0.4, -0.2) is 73.3 Å². The Morgan fingerprint density at radius 2 is 1.21 bits per heavy atom. The zero-order valence-corrected chi connectivity index (χ0v) is 14.7. The number of halogens is 2. The van der Waals surface area contributed by atoms with E-state index in [2.05, 4.69) is 58.5 Å². The lowest BCUT2D eigenvalue weighted by Crippen LogP contribution is -3.00. The number of hydrogen-bond donors (Lipinski definition) is 0. The summed E-state index contributed by atoms with van der Waals surface area (Å²) < 4.78 is 5.64. The molecule has 2 aliphatic heterocycles. The molecule has 2 aliphatic rings. The molecule has 5 nitrogen and oxygen atoms in total. The van der Waals surface area contributed by atoms with Gasteiger partial charge >= 0.3 is 0 Å². The third-order valence-corrected chi connectivity index (χ3v) is 2.92. The van der Waals surface area contributed by atoms with E-state index in [1.165, 1.54) is 0 Å². The van der Waals surface area contributed by atoms with E-state index in [0.717, 1.165) is 39.6 Å². The minimum absolute atomic E-state index is 0. The van der Waals surface area contributed by atoms with Crippen molar-refractivity contribution in [3.8, 4) is 0 Å². The van der Waals surface area contributed by atoms with Crippen molar-refractivity contribution in [2.75, 3.05) is 53.7 Å². The Kier molecular flexibility index (Phi) is 9.30. The molecule has 7 heteroatoms. The van der Waals surface area contributed by atoms with Gasteiger partial charge in [0.15, 0.2) is 0 Å². The minimum atomic E-state index is 0. The molecule has 0 aromatic heterocycles. The molecule has 19 heavy (non-hydrogen) atoms. The van der Waals surface area contributed by atoms with Crippen LogP contribution >= 0.6 is 0 Å². The second-order valence-corrected chi connectivity index (χ2v) is 4.63. The second-order valence-electron chi connectivity index (χ2n) is 4.63. The highest BCUT2D eigenvalue weighted by molar-refractivity contribution is 4.89. The number of nitrogens with zero attached hydrogens (tertiary/aromatic N) is 4. The summed E-state index contributed by atoms with van der Waals surface area (Å²) in [5, 5.41) is 0. The zero-order valence-electron chi connectivity index (χ0n) is 11.5. The molecule has 2 heterocycles. The Balaban J connectivity index is 0.00000162. The summed E-state index contributed by atoms with van der Waals surface area (Å²) in [5.41, 5.74) is 0. The summed E-state index contributed by atoms with van der Waals surface area (Å²) in [7, 11) is 4.15. The highest BCUT2D eigenvalue weighted by Gasteiger charge is 2.09. The highest BCUT2D eigenvalue weighted by atomic mass is 79.9. The Morgan fingerprint density at radius 1 is 0.789 bits per heavy atom. The van der Waals surface area contributed by atoms with Gasteiger partial charge in [-0.1, -0.05) is 0 Å². The standard InChI is InChI=1S/C12H22N4O.2BrH/c1-13-3-5-15(11-13)7-9-17-10-8-16-6-4-14(2)12-16;;/h3-6H,7-12H2,1-2H3;2*1H/p-2. The molecule has 0 bridgehead atoms. The summed E-state index contributed by atoms with van der Waals surface area (Å²) in [6.45, 7) is 5.48. The first kappa shape index (κ1) is 18.6. The van der Waals surface area contributed by atoms with Crippen LogP contribution in [0.1, 0.15) is 0 Å². The highest BCUT2D eigenvalue weighted by Crippen LogP contribution is 2.04. The maximum atomic E-state index is 5.64. The van der Waals surface area contributed by atoms with Gasteiger partial charge in [-0.3, -0.25) is 0 Å². The molecule has 0 amide bonds. The molecule has 0 aromatic carbocycles. The van der Waals surface area contributed by atoms with Crippen molar-refractivity contribution in [3.05, 3.63) is 24.8 Å². The van der Waals surface area contributed by atoms with Crippen molar-refractivity contribution in [2.24, 2.45) is 0 Å². The molecule has 112 valence electrons. The molecule has 0 saturated heterocycles. The van der Waals surface area contributed by atoms with E-state index in [9.17, 15) is 0 Å². The van der Waals surface area contributed by atoms with Crippen molar-refractivity contribution in [3.63, 3.8) is 0 Å². The van der Waals surface area contributed by atoms with Gasteiger partial charge in [-0.05, 0) is 0 Å². The first-order valence-electron chi connectivity index (χ1n) is 6.07. The molecule has 0 saturated carbocycles. The third kappa shape index (κ3) is 6.54. The molecule has 0 aromatic rings. The molecule has 0 unspecified atom stereocenters. The van der Waals surface area contributed by atoms with Gasteiger partial charge in [0, 0.05) is 52.0 Å². The lowest BCUT2D eigenvalue weighted by Gasteiger charge is -2.20. The van der Waals surface area contributed by atoms with E-state index in [0.29, 0.717) is 0 Å². The summed E-state index contributed by atoms with van der Waals surface area (Å²) in [4.78, 5) is 8.82. The molecule has 0 spiro atoms. The number of hydrogen-bond acceptors (Lipinski definition) is 5. The number of rotatable bonds is 6. The Hall–Kier alpha value is -0.400. The van der Waals surface area contributed by atoms with Gasteiger partial charge in [-0.2, -0.15) is 0 Å². The van der Waals surface area contributed by atoms with Gasteiger partial charge in [-0.15, -0.1) is 0 Å². The summed E-state index contributed by atoms with van der Waals surface area (Å²) in [6.07, 6.45) is 8.40. The lowest BCUT2D eigenvalue weighted by molar-refractivity contribution is -0.001000. The summed E-state index contributed by atoms with van der Waals surface area (Å²) in [6, 6.07) is 0. The van der Waals surface area contributed by atoms with Crippen molar-refractivity contribution in [2.45, 2.75) is 0 Å². The van der Waals surface area contributed by atoms with E-state index in [-0.39, 0.29) is 34.0 Å². The first-order valence-corrected chi connectivity index (χ1v) is 6.07. The average molecular weight is 398 g/mol. The van der Waals surface area contributed by atoms with E-state index in [4.69, 9.17) is 4.74 Å². The van der Waals surface area contributed by atoms with Crippen LogP contribution in [0.5, 0.6) is 0 Å². The number of ether oxygens (including phenoxy) is 1. The van der Waals surface area contributed by atoms with Crippen LogP contribution in [0.4, 0.5) is 0 Å². The summed E-state index contributed by atoms with van der Waals surface area (Å²) >= 11 is 0. The lowest BCUT2D eigenvalue weighted by atomic mass is 10.6. The van der Waals surface area contributed by atoms with Crippen LogP contribution in [0.25, 0.3) is 0 Å². The SMILES string of the molecule is CN1C=CN(CCOCCN2C=CN(C)C2)C1.[Br-].[Br-]. The maximum absolute atomic E-state index is 5.64. The van der Waals surface area contributed by atoms with Crippen LogP contribution in [0.15, 0.2) is 24.8 Å². The smallest absolute Gasteiger partial charge is 0.0891 e. The van der Waals surface area contributed by atoms with E-state index < -0.39 is 0 Å². The topological polar surface area (TPSA) is 22.2 Å². The maximum Gasteiger partial charge on any atom is 0.0891 e. The Labute approximate surface area is 137 Å². The van der Waals surface area contributed by atoms with Crippen LogP contribution in [0.2, 0.25) is 0 Å². The quantitative estimate of drug-likeness (QED) is 0.416. The van der Waals surface area contributed by atoms with E-state index >= 15 is 0 Å². The van der Waals surface area contributed by atoms with E-state index in [1.807, 2.05) is 0 Å². The molecule has 0 N–H and O–H groups in total. The van der Waals surface area contributed by atoms with Crippen LogP contribution in [0, 0.1) is 0 Å². The Morgan fingerprint density at radius 3 is 1.53 bits per heavy atom. The van der Waals surface area contributed by atoms with Crippen molar-refractivity contribution < 1.29 is 38.7 Å². The molecular formula is C12H22Br2N4O-2. The van der Waals surface area contributed by atoms with Gasteiger partial charge in [0.1, 0.15) is 0 Å². The van der Waals surface area contributed by atoms with Crippen LogP contribution in [0.3, 0.4) is 0 Å². The normalized spacial score (nSPS) is 16.9. The first-order chi connectivity index (χ1) is 8.24. The van der Waals surface area contributed by atoms with Gasteiger partial charge in [0.05, 0.1) is 26.6 Å². The fraction of sp³-hybridized carbons (Fsp3) is 0.667. The van der Waals surface area contributed by atoms with Gasteiger partial charge in [-0.25, -0.2) is 0 Å². The van der Waals surface area contributed by atoms with Crippen molar-refractivity contribution >= 4 is 0 Å². The molecular weight excluding hydrogens is 376 g/mol. The van der Waals surface area contributed by atoms with Crippen molar-refractivity contribution in [1.82, 2.24) is 19.6 Å². The fourth-order valence-corrected chi connectivity index (χ4v) is 1.93. The third-order valence-electron chi connectivity index (χ3n) is 2.92. The van der Waals surface area contributed by atoms with Crippen molar-refractivity contribution in [1.29, 1.82) is 0 Å². The minimum Gasteiger partial charge on any atom is -1.00 e. The average Bonchev–Trinajstić information content (AvgIpc) is 2.88. The van der Waals surface area contributed by atoms with Crippen LogP contribution in [-0.2, 0) is 4.74 Å². The zero-order chi connectivity index (χ0) is 12.1. The summed E-state index contributed by atoms with van der Waals surface area (Å²) in [5.74, 6) is 0. The predicted octanol–water partition coefficient (Wildman–Crippen LogP) is -5.64. The van der Waals surface area contributed by atoms with E-state index in [1.54, 1.807) is 0 Å². The van der Waals surface area contributed by atoms with Crippen LogP contribution < -0.4 is 34.0 Å². The monoisotopic (exact) mass is 396 g/mol. The largest absolute Gasteiger partial charge is 1.00 e. The van der Waals surface area contributed by atoms with Gasteiger partial charge < -0.3 is 58.3 Å².